The van der Waals surface area contributed by atoms with Gasteiger partial charge in [-0.2, -0.15) is 0 Å². The summed E-state index contributed by atoms with van der Waals surface area (Å²) in [6.07, 6.45) is 3.42. The Hall–Kier alpha value is -2.03. The van der Waals surface area contributed by atoms with Gasteiger partial charge < -0.3 is 25.0 Å². The van der Waals surface area contributed by atoms with E-state index in [9.17, 15) is 9.90 Å². The number of ether oxygens (including phenoxy) is 2. The molecular weight excluding hydrogens is 304 g/mol. The van der Waals surface area contributed by atoms with Crippen LogP contribution in [0, 0.1) is 0 Å². The number of hydrogen-bond acceptors (Lipinski definition) is 6. The van der Waals surface area contributed by atoms with Crippen LogP contribution < -0.4 is 5.32 Å². The van der Waals surface area contributed by atoms with E-state index in [2.05, 4.69) is 10.3 Å². The molecule has 1 amide bonds. The van der Waals surface area contributed by atoms with Gasteiger partial charge in [-0.3, -0.25) is 14.6 Å². The van der Waals surface area contributed by atoms with Crippen LogP contribution in [0.1, 0.15) is 12.0 Å². The molecule has 2 fully saturated rings. The smallest absolute Gasteiger partial charge is 0.290 e. The van der Waals surface area contributed by atoms with Crippen LogP contribution in [0.25, 0.3) is 0 Å². The predicted octanol–water partition coefficient (Wildman–Crippen LogP) is -0.642. The van der Waals surface area contributed by atoms with Crippen molar-refractivity contribution in [3.8, 4) is 0 Å². The Morgan fingerprint density at radius 1 is 1.30 bits per heavy atom. The third-order valence-electron chi connectivity index (χ3n) is 3.76. The number of nitrogens with one attached hydrogen (secondary N) is 1. The Bertz CT molecular complexity index is 512. The van der Waals surface area contributed by atoms with Gasteiger partial charge in [-0.25, -0.2) is 0 Å². The molecule has 23 heavy (non-hydrogen) atoms. The maximum Gasteiger partial charge on any atom is 0.290 e. The van der Waals surface area contributed by atoms with Crippen LogP contribution >= 0.6 is 0 Å². The normalized spacial score (nSPS) is 28.4. The summed E-state index contributed by atoms with van der Waals surface area (Å²) in [6, 6.07) is 3.64. The molecule has 2 saturated heterocycles. The predicted molar refractivity (Wildman–Crippen MR) is 78.7 cm³/mol. The van der Waals surface area contributed by atoms with Crippen LogP contribution in [0.3, 0.4) is 0 Å². The second kappa shape index (κ2) is 8.56. The van der Waals surface area contributed by atoms with Gasteiger partial charge in [0.2, 0.25) is 5.91 Å². The van der Waals surface area contributed by atoms with Gasteiger partial charge in [0.1, 0.15) is 18.3 Å². The number of aliphatic hydroxyl groups is 1. The first-order valence-corrected chi connectivity index (χ1v) is 7.33. The fraction of sp³-hybridized carbons (Fsp3) is 0.533. The van der Waals surface area contributed by atoms with Crippen molar-refractivity contribution in [2.75, 3.05) is 13.2 Å². The standard InChI is InChI=1S/C14H18N2O4.CH2O2/c17-11-8-20-13-10(7-19-14(11)13)16-12(18)2-1-9-3-5-15-6-4-9;2-1-3/h3-6,10-11,13-14,17H,1-2,7-8H2,(H,16,18);1H,(H,2,3)/t10-,11-,13-,14-;/m1./s1. The summed E-state index contributed by atoms with van der Waals surface area (Å²) in [6.45, 7) is 0.423. The molecule has 0 unspecified atom stereocenters. The van der Waals surface area contributed by atoms with Crippen LogP contribution in [-0.2, 0) is 25.5 Å². The molecule has 0 spiro atoms. The average Bonchev–Trinajstić information content (AvgIpc) is 3.11. The van der Waals surface area contributed by atoms with Crippen molar-refractivity contribution in [3.63, 3.8) is 0 Å². The highest BCUT2D eigenvalue weighted by atomic mass is 16.6. The van der Waals surface area contributed by atoms with E-state index >= 15 is 0 Å². The molecule has 4 atom stereocenters. The summed E-state index contributed by atoms with van der Waals surface area (Å²) >= 11 is 0. The van der Waals surface area contributed by atoms with Crippen molar-refractivity contribution in [1.29, 1.82) is 0 Å². The fourth-order valence-electron chi connectivity index (χ4n) is 2.69. The molecule has 1 aromatic heterocycles. The van der Waals surface area contributed by atoms with E-state index in [0.29, 0.717) is 19.4 Å². The number of aliphatic hydroxyl groups excluding tert-OH is 1. The quantitative estimate of drug-likeness (QED) is 0.630. The fourth-order valence-corrected chi connectivity index (χ4v) is 2.69. The third kappa shape index (κ3) is 4.72. The van der Waals surface area contributed by atoms with Crippen molar-refractivity contribution >= 4 is 12.4 Å². The van der Waals surface area contributed by atoms with Crippen molar-refractivity contribution in [3.05, 3.63) is 30.1 Å². The first kappa shape index (κ1) is 17.3. The SMILES string of the molecule is O=C(CCc1ccncc1)N[C@@H]1CO[C@H]2[C@@H]1OC[C@H]2O.O=CO. The van der Waals surface area contributed by atoms with E-state index in [1.54, 1.807) is 12.4 Å². The molecule has 3 heterocycles. The average molecular weight is 324 g/mol. The lowest BCUT2D eigenvalue weighted by Gasteiger charge is -2.17. The third-order valence-corrected chi connectivity index (χ3v) is 3.76. The van der Waals surface area contributed by atoms with Gasteiger partial charge in [-0.05, 0) is 24.1 Å². The Labute approximate surface area is 133 Å². The maximum absolute atomic E-state index is 11.9. The number of carboxylic acid groups (broad SMARTS) is 1. The molecule has 0 radical (unpaired) electrons. The molecule has 3 N–H and O–H groups in total. The number of hydrogen-bond donors (Lipinski definition) is 3. The zero-order chi connectivity index (χ0) is 16.7. The summed E-state index contributed by atoms with van der Waals surface area (Å²) in [4.78, 5) is 24.2. The molecule has 1 aromatic rings. The molecule has 8 nitrogen and oxygen atoms in total. The van der Waals surface area contributed by atoms with Crippen molar-refractivity contribution in [2.24, 2.45) is 0 Å². The van der Waals surface area contributed by atoms with Crippen molar-refractivity contribution in [1.82, 2.24) is 10.3 Å². The molecule has 3 rings (SSSR count). The second-order valence-corrected chi connectivity index (χ2v) is 5.30. The number of fused-ring (bicyclic) bond motifs is 1. The number of nitrogens with zero attached hydrogens (tertiary/aromatic N) is 1. The molecule has 0 aromatic carbocycles. The van der Waals surface area contributed by atoms with Gasteiger partial charge >= 0.3 is 0 Å². The number of aryl methyl sites for hydroxylation is 1. The van der Waals surface area contributed by atoms with E-state index in [-0.39, 0.29) is 37.2 Å². The number of amides is 1. The lowest BCUT2D eigenvalue weighted by atomic mass is 10.1. The van der Waals surface area contributed by atoms with Gasteiger partial charge in [-0.1, -0.05) is 0 Å². The summed E-state index contributed by atoms with van der Waals surface area (Å²) in [5.74, 6) is -0.0268. The minimum Gasteiger partial charge on any atom is -0.483 e. The van der Waals surface area contributed by atoms with E-state index in [1.807, 2.05) is 12.1 Å². The van der Waals surface area contributed by atoms with Gasteiger partial charge in [0.05, 0.1) is 19.3 Å². The second-order valence-electron chi connectivity index (χ2n) is 5.30. The van der Waals surface area contributed by atoms with Crippen LogP contribution in [-0.4, -0.2) is 65.1 Å². The van der Waals surface area contributed by atoms with E-state index < -0.39 is 6.10 Å². The molecule has 2 aliphatic rings. The van der Waals surface area contributed by atoms with Gasteiger partial charge in [0.15, 0.2) is 0 Å². The largest absolute Gasteiger partial charge is 0.483 e. The minimum absolute atomic E-state index is 0.0268. The first-order valence-electron chi connectivity index (χ1n) is 7.33. The number of carbonyl (C=O) groups excluding carboxylic acids is 1. The molecular formula is C15H20N2O6. The topological polar surface area (TPSA) is 118 Å². The molecule has 8 heteroatoms. The van der Waals surface area contributed by atoms with Crippen molar-refractivity contribution < 1.29 is 29.3 Å². The first-order chi connectivity index (χ1) is 11.2. The Balaban J connectivity index is 0.000000595. The van der Waals surface area contributed by atoms with Crippen LogP contribution in [0.4, 0.5) is 0 Å². The number of pyridine rings is 1. The molecule has 0 aliphatic carbocycles. The zero-order valence-electron chi connectivity index (χ0n) is 12.5. The lowest BCUT2D eigenvalue weighted by molar-refractivity contribution is -0.123. The highest BCUT2D eigenvalue weighted by Gasteiger charge is 2.47. The van der Waals surface area contributed by atoms with Crippen LogP contribution in [0.5, 0.6) is 0 Å². The van der Waals surface area contributed by atoms with Gasteiger partial charge in [-0.15, -0.1) is 0 Å². The minimum atomic E-state index is -0.585. The highest BCUT2D eigenvalue weighted by molar-refractivity contribution is 5.76. The molecule has 0 saturated carbocycles. The Kier molecular flexibility index (Phi) is 6.45. The number of rotatable bonds is 4. The molecule has 2 aliphatic heterocycles. The summed E-state index contributed by atoms with van der Waals surface area (Å²) in [7, 11) is 0. The van der Waals surface area contributed by atoms with E-state index in [1.165, 1.54) is 0 Å². The Morgan fingerprint density at radius 2 is 1.96 bits per heavy atom. The van der Waals surface area contributed by atoms with Crippen LogP contribution in [0.15, 0.2) is 24.5 Å². The summed E-state index contributed by atoms with van der Waals surface area (Å²) in [5, 5.41) is 19.4. The van der Waals surface area contributed by atoms with E-state index in [4.69, 9.17) is 19.4 Å². The molecule has 126 valence electrons. The van der Waals surface area contributed by atoms with E-state index in [0.717, 1.165) is 5.56 Å². The zero-order valence-corrected chi connectivity index (χ0v) is 12.5. The summed E-state index contributed by atoms with van der Waals surface area (Å²) < 4.78 is 10.9. The monoisotopic (exact) mass is 324 g/mol. The number of aromatic nitrogens is 1. The summed E-state index contributed by atoms with van der Waals surface area (Å²) in [5.41, 5.74) is 1.09. The van der Waals surface area contributed by atoms with Gasteiger partial charge in [0.25, 0.3) is 6.47 Å². The Morgan fingerprint density at radius 3 is 2.65 bits per heavy atom. The lowest BCUT2D eigenvalue weighted by Crippen LogP contribution is -2.44. The molecule has 0 bridgehead atoms. The van der Waals surface area contributed by atoms with Crippen molar-refractivity contribution in [2.45, 2.75) is 37.2 Å². The number of carbonyl (C=O) groups is 2. The highest BCUT2D eigenvalue weighted by Crippen LogP contribution is 2.26. The van der Waals surface area contributed by atoms with Gasteiger partial charge in [0, 0.05) is 18.8 Å². The van der Waals surface area contributed by atoms with Crippen LogP contribution in [0.2, 0.25) is 0 Å². The maximum atomic E-state index is 11.9.